The summed E-state index contributed by atoms with van der Waals surface area (Å²) < 4.78 is 12.6. The summed E-state index contributed by atoms with van der Waals surface area (Å²) in [6, 6.07) is 17.1. The molecule has 2 heterocycles. The minimum absolute atomic E-state index is 0.00301. The normalized spacial score (nSPS) is 14.0. The molecule has 2 aromatic carbocycles. The van der Waals surface area contributed by atoms with E-state index < -0.39 is 0 Å². The zero-order valence-corrected chi connectivity index (χ0v) is 19.1. The molecule has 0 aliphatic carbocycles. The maximum atomic E-state index is 13.0. The molecule has 1 aliphatic rings. The van der Waals surface area contributed by atoms with Gasteiger partial charge < -0.3 is 23.8 Å². The van der Waals surface area contributed by atoms with E-state index in [9.17, 15) is 9.59 Å². The van der Waals surface area contributed by atoms with Crippen molar-refractivity contribution in [2.45, 2.75) is 12.8 Å². The van der Waals surface area contributed by atoms with Gasteiger partial charge >= 0.3 is 0 Å². The molecule has 0 radical (unpaired) electrons. The first-order valence-corrected chi connectivity index (χ1v) is 11.1. The highest BCUT2D eigenvalue weighted by molar-refractivity contribution is 5.94. The number of rotatable bonds is 6. The van der Waals surface area contributed by atoms with Crippen molar-refractivity contribution in [1.29, 1.82) is 0 Å². The topological polar surface area (TPSA) is 64.0 Å². The van der Waals surface area contributed by atoms with Crippen LogP contribution in [0, 0.1) is 0 Å². The number of aromatic nitrogens is 1. The molecule has 1 aliphatic heterocycles. The van der Waals surface area contributed by atoms with Gasteiger partial charge in [-0.15, -0.1) is 0 Å². The lowest BCUT2D eigenvalue weighted by atomic mass is 10.1. The van der Waals surface area contributed by atoms with Gasteiger partial charge in [0.05, 0.1) is 20.6 Å². The highest BCUT2D eigenvalue weighted by Crippen LogP contribution is 2.28. The Labute approximate surface area is 194 Å². The summed E-state index contributed by atoms with van der Waals surface area (Å²) in [5.41, 5.74) is 2.55. The number of hydrogen-bond acceptors (Lipinski definition) is 4. The van der Waals surface area contributed by atoms with Crippen molar-refractivity contribution in [1.82, 2.24) is 14.4 Å². The van der Waals surface area contributed by atoms with E-state index in [2.05, 4.69) is 0 Å². The molecule has 7 heteroatoms. The molecule has 0 N–H and O–H groups in total. The van der Waals surface area contributed by atoms with Crippen molar-refractivity contribution in [2.75, 3.05) is 40.4 Å². The Kier molecular flexibility index (Phi) is 6.98. The van der Waals surface area contributed by atoms with Crippen molar-refractivity contribution in [3.8, 4) is 17.2 Å². The zero-order chi connectivity index (χ0) is 23.2. The molecular weight excluding hydrogens is 418 g/mol. The van der Waals surface area contributed by atoms with Gasteiger partial charge in [0.2, 0.25) is 5.91 Å². The quantitative estimate of drug-likeness (QED) is 0.581. The lowest BCUT2D eigenvalue weighted by Crippen LogP contribution is -2.38. The summed E-state index contributed by atoms with van der Waals surface area (Å²) in [4.78, 5) is 29.6. The molecule has 0 bridgehead atoms. The average molecular weight is 448 g/mol. The summed E-state index contributed by atoms with van der Waals surface area (Å²) in [5, 5.41) is 0. The Bertz CT molecular complexity index is 1090. The maximum absolute atomic E-state index is 13.0. The summed E-state index contributed by atoms with van der Waals surface area (Å²) >= 11 is 0. The first kappa shape index (κ1) is 22.5. The van der Waals surface area contributed by atoms with Crippen molar-refractivity contribution >= 4 is 11.8 Å². The summed E-state index contributed by atoms with van der Waals surface area (Å²) in [5.74, 6) is 1.30. The van der Waals surface area contributed by atoms with Crippen LogP contribution in [0.15, 0.2) is 67.0 Å². The van der Waals surface area contributed by atoms with Crippen LogP contribution in [0.4, 0.5) is 0 Å². The van der Waals surface area contributed by atoms with Crippen LogP contribution in [0.1, 0.15) is 22.3 Å². The third kappa shape index (κ3) is 5.19. The lowest BCUT2D eigenvalue weighted by molar-refractivity contribution is -0.130. The number of benzene rings is 2. The first-order valence-electron chi connectivity index (χ1n) is 11.1. The fourth-order valence-corrected chi connectivity index (χ4v) is 4.11. The molecule has 0 saturated carbocycles. The van der Waals surface area contributed by atoms with E-state index in [0.717, 1.165) is 17.7 Å². The summed E-state index contributed by atoms with van der Waals surface area (Å²) in [6.45, 7) is 2.33. The third-order valence-electron chi connectivity index (χ3n) is 5.96. The van der Waals surface area contributed by atoms with Crippen LogP contribution in [0.25, 0.3) is 5.69 Å². The minimum atomic E-state index is 0.00301. The zero-order valence-electron chi connectivity index (χ0n) is 19.1. The summed E-state index contributed by atoms with van der Waals surface area (Å²) in [6.07, 6.45) is 4.98. The predicted octanol–water partition coefficient (Wildman–Crippen LogP) is 3.41. The van der Waals surface area contributed by atoms with Crippen LogP contribution in [0.3, 0.4) is 0 Å². The second-order valence-corrected chi connectivity index (χ2v) is 8.03. The van der Waals surface area contributed by atoms with E-state index in [1.807, 2.05) is 81.4 Å². The van der Waals surface area contributed by atoms with Gasteiger partial charge in [0.25, 0.3) is 5.91 Å². The molecule has 172 valence electrons. The van der Waals surface area contributed by atoms with Gasteiger partial charge in [0.15, 0.2) is 11.5 Å². The fourth-order valence-electron chi connectivity index (χ4n) is 4.11. The SMILES string of the molecule is COc1ccc(CC(=O)N2CCCN(C(=O)c3ccc(-n4cccc4)cc3)CC2)cc1OC. The van der Waals surface area contributed by atoms with Crippen molar-refractivity contribution < 1.29 is 19.1 Å². The largest absolute Gasteiger partial charge is 0.493 e. The van der Waals surface area contributed by atoms with Crippen LogP contribution in [0.2, 0.25) is 0 Å². The lowest BCUT2D eigenvalue weighted by Gasteiger charge is -2.22. The Hall–Kier alpha value is -3.74. The maximum Gasteiger partial charge on any atom is 0.253 e. The van der Waals surface area contributed by atoms with E-state index in [1.165, 1.54) is 0 Å². The molecule has 3 aromatic rings. The molecule has 2 amide bonds. The number of methoxy groups -OCH3 is 2. The molecule has 0 atom stereocenters. The number of ether oxygens (including phenoxy) is 2. The molecule has 0 spiro atoms. The molecule has 1 aromatic heterocycles. The Morgan fingerprint density at radius 2 is 1.48 bits per heavy atom. The number of carbonyl (C=O) groups is 2. The van der Waals surface area contributed by atoms with E-state index in [1.54, 1.807) is 14.2 Å². The van der Waals surface area contributed by atoms with E-state index in [0.29, 0.717) is 43.2 Å². The molecule has 33 heavy (non-hydrogen) atoms. The van der Waals surface area contributed by atoms with Gasteiger partial charge in [-0.2, -0.15) is 0 Å². The number of carbonyl (C=O) groups excluding carboxylic acids is 2. The van der Waals surface area contributed by atoms with Gasteiger partial charge in [0, 0.05) is 49.8 Å². The van der Waals surface area contributed by atoms with E-state index in [4.69, 9.17) is 9.47 Å². The monoisotopic (exact) mass is 447 g/mol. The standard InChI is InChI=1S/C26H29N3O4/c1-32-23-11-6-20(18-24(23)33-2)19-25(30)28-14-5-15-29(17-16-28)26(31)21-7-9-22(10-8-21)27-12-3-4-13-27/h3-4,6-13,18H,5,14-17,19H2,1-2H3. The third-order valence-corrected chi connectivity index (χ3v) is 5.96. The second-order valence-electron chi connectivity index (χ2n) is 8.03. The van der Waals surface area contributed by atoms with Crippen molar-refractivity contribution in [3.05, 3.63) is 78.1 Å². The molecule has 4 rings (SSSR count). The van der Waals surface area contributed by atoms with Gasteiger partial charge in [-0.3, -0.25) is 9.59 Å². The molecule has 0 unspecified atom stereocenters. The molecule has 1 fully saturated rings. The number of nitrogens with zero attached hydrogens (tertiary/aromatic N) is 3. The van der Waals surface area contributed by atoms with Gasteiger partial charge in [0.1, 0.15) is 0 Å². The molecule has 7 nitrogen and oxygen atoms in total. The highest BCUT2D eigenvalue weighted by Gasteiger charge is 2.23. The fraction of sp³-hybridized carbons (Fsp3) is 0.308. The second kappa shape index (κ2) is 10.3. The smallest absolute Gasteiger partial charge is 0.253 e. The van der Waals surface area contributed by atoms with Crippen LogP contribution in [-0.2, 0) is 11.2 Å². The van der Waals surface area contributed by atoms with Crippen molar-refractivity contribution in [2.24, 2.45) is 0 Å². The van der Waals surface area contributed by atoms with Gasteiger partial charge in [-0.05, 0) is 60.5 Å². The predicted molar refractivity (Wildman–Crippen MR) is 126 cm³/mol. The Morgan fingerprint density at radius 3 is 2.18 bits per heavy atom. The van der Waals surface area contributed by atoms with E-state index in [-0.39, 0.29) is 18.2 Å². The van der Waals surface area contributed by atoms with Gasteiger partial charge in [-0.25, -0.2) is 0 Å². The molecular formula is C26H29N3O4. The summed E-state index contributed by atoms with van der Waals surface area (Å²) in [7, 11) is 3.17. The van der Waals surface area contributed by atoms with E-state index >= 15 is 0 Å². The number of hydrogen-bond donors (Lipinski definition) is 0. The van der Waals surface area contributed by atoms with Crippen LogP contribution < -0.4 is 9.47 Å². The molecule has 1 saturated heterocycles. The number of amides is 2. The van der Waals surface area contributed by atoms with Crippen LogP contribution >= 0.6 is 0 Å². The first-order chi connectivity index (χ1) is 16.1. The Morgan fingerprint density at radius 1 is 0.818 bits per heavy atom. The van der Waals surface area contributed by atoms with Crippen molar-refractivity contribution in [3.63, 3.8) is 0 Å². The van der Waals surface area contributed by atoms with Gasteiger partial charge in [-0.1, -0.05) is 6.07 Å². The minimum Gasteiger partial charge on any atom is -0.493 e. The van der Waals surface area contributed by atoms with Crippen LogP contribution in [0.5, 0.6) is 11.5 Å². The highest BCUT2D eigenvalue weighted by atomic mass is 16.5. The van der Waals surface area contributed by atoms with Crippen LogP contribution in [-0.4, -0.2) is 66.6 Å². The average Bonchev–Trinajstić information content (AvgIpc) is 3.28. The Balaban J connectivity index is 1.36.